The molecular weight excluding hydrogens is 334 g/mol. The van der Waals surface area contributed by atoms with E-state index in [4.69, 9.17) is 0 Å². The number of benzene rings is 1. The van der Waals surface area contributed by atoms with Gasteiger partial charge in [0.25, 0.3) is 0 Å². The second kappa shape index (κ2) is 8.49. The van der Waals surface area contributed by atoms with E-state index in [0.29, 0.717) is 5.75 Å². The summed E-state index contributed by atoms with van der Waals surface area (Å²) in [7, 11) is 0. The molecule has 1 N–H and O–H groups in total. The van der Waals surface area contributed by atoms with Crippen molar-refractivity contribution in [3.63, 3.8) is 0 Å². The van der Waals surface area contributed by atoms with Crippen molar-refractivity contribution in [2.75, 3.05) is 18.8 Å². The van der Waals surface area contributed by atoms with E-state index in [9.17, 15) is 4.79 Å². The molecule has 1 aliphatic heterocycles. The number of nitrogens with one attached hydrogen (secondary N) is 1. The lowest BCUT2D eigenvalue weighted by molar-refractivity contribution is -0.119. The molecule has 1 amide bonds. The third-order valence-electron chi connectivity index (χ3n) is 4.06. The third-order valence-corrected chi connectivity index (χ3v) is 4.99. The predicted octanol–water partition coefficient (Wildman–Crippen LogP) is 2.48. The van der Waals surface area contributed by atoms with Gasteiger partial charge in [0.05, 0.1) is 12.3 Å². The smallest absolute Gasteiger partial charge is 0.230 e. The van der Waals surface area contributed by atoms with Crippen LogP contribution in [0.3, 0.4) is 0 Å². The van der Waals surface area contributed by atoms with Crippen molar-refractivity contribution < 1.29 is 4.79 Å². The van der Waals surface area contributed by atoms with Crippen LogP contribution in [0.1, 0.15) is 32.5 Å². The zero-order chi connectivity index (χ0) is 17.6. The number of thioether (sulfide) groups is 1. The summed E-state index contributed by atoms with van der Waals surface area (Å²) < 4.78 is 2.08. The molecule has 6 nitrogen and oxygen atoms in total. The number of likely N-dealkylation sites (tertiary alicyclic amines) is 1. The molecule has 7 heteroatoms. The summed E-state index contributed by atoms with van der Waals surface area (Å²) in [5.74, 6) is 1.29. The van der Waals surface area contributed by atoms with Crippen LogP contribution in [-0.4, -0.2) is 50.5 Å². The molecule has 1 aromatic heterocycles. The molecule has 0 atom stereocenters. The molecule has 0 bridgehead atoms. The first-order valence-corrected chi connectivity index (χ1v) is 9.76. The molecule has 134 valence electrons. The average Bonchev–Trinajstić information content (AvgIpc) is 3.23. The highest BCUT2D eigenvalue weighted by atomic mass is 32.2. The van der Waals surface area contributed by atoms with Gasteiger partial charge in [-0.25, -0.2) is 0 Å². The van der Waals surface area contributed by atoms with Gasteiger partial charge in [0.2, 0.25) is 5.91 Å². The SMILES string of the molecule is CC(C)NC(=O)CSc1nnc(CN2CCCC2)n1-c1ccccc1. The molecule has 0 saturated carbocycles. The molecule has 2 heterocycles. The Balaban J connectivity index is 1.79. The first-order valence-electron chi connectivity index (χ1n) is 8.77. The van der Waals surface area contributed by atoms with Crippen LogP contribution in [0.15, 0.2) is 35.5 Å². The molecule has 2 aromatic rings. The monoisotopic (exact) mass is 359 g/mol. The van der Waals surface area contributed by atoms with E-state index in [2.05, 4.69) is 37.1 Å². The summed E-state index contributed by atoms with van der Waals surface area (Å²) in [6, 6.07) is 10.3. The Morgan fingerprint density at radius 2 is 1.92 bits per heavy atom. The van der Waals surface area contributed by atoms with Gasteiger partial charge < -0.3 is 5.32 Å². The molecule has 3 rings (SSSR count). The van der Waals surface area contributed by atoms with Crippen LogP contribution in [0.5, 0.6) is 0 Å². The maximum Gasteiger partial charge on any atom is 0.230 e. The van der Waals surface area contributed by atoms with E-state index in [-0.39, 0.29) is 11.9 Å². The topological polar surface area (TPSA) is 63.1 Å². The Morgan fingerprint density at radius 1 is 1.20 bits per heavy atom. The van der Waals surface area contributed by atoms with E-state index < -0.39 is 0 Å². The molecule has 1 aliphatic rings. The van der Waals surface area contributed by atoms with Crippen molar-refractivity contribution in [3.05, 3.63) is 36.2 Å². The Morgan fingerprint density at radius 3 is 2.60 bits per heavy atom. The van der Waals surface area contributed by atoms with Gasteiger partial charge in [0.15, 0.2) is 11.0 Å². The minimum atomic E-state index is 0.0173. The fraction of sp³-hybridized carbons (Fsp3) is 0.500. The van der Waals surface area contributed by atoms with Gasteiger partial charge in [-0.15, -0.1) is 10.2 Å². The van der Waals surface area contributed by atoms with Gasteiger partial charge in [-0.3, -0.25) is 14.3 Å². The first-order chi connectivity index (χ1) is 12.1. The zero-order valence-corrected chi connectivity index (χ0v) is 15.6. The van der Waals surface area contributed by atoms with E-state index in [1.54, 1.807) is 0 Å². The largest absolute Gasteiger partial charge is 0.353 e. The van der Waals surface area contributed by atoms with Crippen LogP contribution in [-0.2, 0) is 11.3 Å². The number of hydrogen-bond acceptors (Lipinski definition) is 5. The van der Waals surface area contributed by atoms with Crippen molar-refractivity contribution in [1.82, 2.24) is 25.0 Å². The maximum absolute atomic E-state index is 12.0. The minimum absolute atomic E-state index is 0.0173. The van der Waals surface area contributed by atoms with Crippen LogP contribution >= 0.6 is 11.8 Å². The van der Waals surface area contributed by atoms with Crippen LogP contribution < -0.4 is 5.32 Å². The van der Waals surface area contributed by atoms with E-state index in [0.717, 1.165) is 36.3 Å². The van der Waals surface area contributed by atoms with Crippen molar-refractivity contribution in [3.8, 4) is 5.69 Å². The summed E-state index contributed by atoms with van der Waals surface area (Å²) in [6.45, 7) is 6.94. The minimum Gasteiger partial charge on any atom is -0.353 e. The molecule has 0 aliphatic carbocycles. The second-order valence-corrected chi connectivity index (χ2v) is 7.51. The van der Waals surface area contributed by atoms with Gasteiger partial charge in [0.1, 0.15) is 0 Å². The second-order valence-electron chi connectivity index (χ2n) is 6.56. The number of carbonyl (C=O) groups excluding carboxylic acids is 1. The van der Waals surface area contributed by atoms with Gasteiger partial charge in [-0.05, 0) is 51.9 Å². The molecule has 25 heavy (non-hydrogen) atoms. The fourth-order valence-electron chi connectivity index (χ4n) is 2.97. The molecule has 0 radical (unpaired) electrons. The third kappa shape index (κ3) is 4.83. The first kappa shape index (κ1) is 17.9. The lowest BCUT2D eigenvalue weighted by atomic mass is 10.3. The summed E-state index contributed by atoms with van der Waals surface area (Å²) in [6.07, 6.45) is 2.49. The Bertz CT molecular complexity index is 695. The number of hydrogen-bond donors (Lipinski definition) is 1. The summed E-state index contributed by atoms with van der Waals surface area (Å²) in [5.41, 5.74) is 1.04. The number of para-hydroxylation sites is 1. The van der Waals surface area contributed by atoms with Gasteiger partial charge >= 0.3 is 0 Å². The standard InChI is InChI=1S/C18H25N5OS/c1-14(2)19-17(24)13-25-18-21-20-16(12-22-10-6-7-11-22)23(18)15-8-4-3-5-9-15/h3-5,8-9,14H,6-7,10-13H2,1-2H3,(H,19,24). The van der Waals surface area contributed by atoms with Crippen molar-refractivity contribution in [2.24, 2.45) is 0 Å². The number of amides is 1. The molecule has 1 saturated heterocycles. The number of aromatic nitrogens is 3. The number of nitrogens with zero attached hydrogens (tertiary/aromatic N) is 4. The van der Waals surface area contributed by atoms with Crippen molar-refractivity contribution in [1.29, 1.82) is 0 Å². The van der Waals surface area contributed by atoms with Gasteiger partial charge in [-0.2, -0.15) is 0 Å². The number of carbonyl (C=O) groups is 1. The molecule has 0 unspecified atom stereocenters. The summed E-state index contributed by atoms with van der Waals surface area (Å²) in [4.78, 5) is 14.4. The van der Waals surface area contributed by atoms with Crippen LogP contribution in [0.25, 0.3) is 5.69 Å². The lowest BCUT2D eigenvalue weighted by Crippen LogP contribution is -2.31. The maximum atomic E-state index is 12.0. The fourth-order valence-corrected chi connectivity index (χ4v) is 3.75. The Kier molecular flexibility index (Phi) is 6.09. The molecule has 1 fully saturated rings. The lowest BCUT2D eigenvalue weighted by Gasteiger charge is -2.16. The van der Waals surface area contributed by atoms with Crippen LogP contribution in [0.4, 0.5) is 0 Å². The van der Waals surface area contributed by atoms with E-state index in [1.807, 2.05) is 32.0 Å². The number of rotatable bonds is 7. The average molecular weight is 359 g/mol. The normalized spacial score (nSPS) is 15.0. The van der Waals surface area contributed by atoms with Gasteiger partial charge in [-0.1, -0.05) is 30.0 Å². The quantitative estimate of drug-likeness (QED) is 0.770. The predicted molar refractivity (Wildman–Crippen MR) is 99.9 cm³/mol. The highest BCUT2D eigenvalue weighted by Gasteiger charge is 2.20. The van der Waals surface area contributed by atoms with Crippen LogP contribution in [0.2, 0.25) is 0 Å². The van der Waals surface area contributed by atoms with Crippen molar-refractivity contribution >= 4 is 17.7 Å². The molecule has 0 spiro atoms. The highest BCUT2D eigenvalue weighted by molar-refractivity contribution is 7.99. The van der Waals surface area contributed by atoms with Gasteiger partial charge in [0, 0.05) is 11.7 Å². The van der Waals surface area contributed by atoms with E-state index >= 15 is 0 Å². The molecular formula is C18H25N5OS. The summed E-state index contributed by atoms with van der Waals surface area (Å²) >= 11 is 1.43. The summed E-state index contributed by atoms with van der Waals surface area (Å²) in [5, 5.41) is 12.4. The highest BCUT2D eigenvalue weighted by Crippen LogP contribution is 2.23. The van der Waals surface area contributed by atoms with Crippen molar-refractivity contribution in [2.45, 2.75) is 44.4 Å². The van der Waals surface area contributed by atoms with E-state index in [1.165, 1.54) is 24.6 Å². The zero-order valence-electron chi connectivity index (χ0n) is 14.8. The Hall–Kier alpha value is -1.86. The van der Waals surface area contributed by atoms with Crippen LogP contribution in [0, 0.1) is 0 Å². The molecule has 1 aromatic carbocycles. The Labute approximate surface area is 153 Å².